The molecule has 0 bridgehead atoms. The fourth-order valence-electron chi connectivity index (χ4n) is 3.11. The number of fused-ring (bicyclic) bond motifs is 2. The molecule has 0 radical (unpaired) electrons. The van der Waals surface area contributed by atoms with Gasteiger partial charge in [0.1, 0.15) is 17.1 Å². The smallest absolute Gasteiger partial charge is 0.381 e. The highest BCUT2D eigenvalue weighted by Gasteiger charge is 2.63. The van der Waals surface area contributed by atoms with E-state index >= 15 is 0 Å². The van der Waals surface area contributed by atoms with Crippen LogP contribution in [0.3, 0.4) is 0 Å². The summed E-state index contributed by atoms with van der Waals surface area (Å²) in [6.07, 6.45) is 0. The average molecular weight is 339 g/mol. The summed E-state index contributed by atoms with van der Waals surface area (Å²) in [5.41, 5.74) is -1.82. The molecule has 0 aromatic heterocycles. The molecule has 4 rings (SSSR count). The highest BCUT2D eigenvalue weighted by Crippen LogP contribution is 2.49. The van der Waals surface area contributed by atoms with Crippen LogP contribution in [0.5, 0.6) is 0 Å². The van der Waals surface area contributed by atoms with Crippen LogP contribution >= 0.6 is 0 Å². The molecule has 0 saturated carbocycles. The predicted molar refractivity (Wildman–Crippen MR) is 83.8 cm³/mol. The van der Waals surface area contributed by atoms with E-state index in [-0.39, 0.29) is 11.1 Å². The first-order valence-corrected chi connectivity index (χ1v) is 7.33. The lowest BCUT2D eigenvalue weighted by Crippen LogP contribution is -2.36. The van der Waals surface area contributed by atoms with Gasteiger partial charge in [0.2, 0.25) is 0 Å². The number of ketones is 1. The molecule has 1 saturated heterocycles. The van der Waals surface area contributed by atoms with Gasteiger partial charge >= 0.3 is 5.97 Å². The molecule has 2 aliphatic heterocycles. The molecular weight excluding hydrogens is 329 g/mol. The summed E-state index contributed by atoms with van der Waals surface area (Å²) in [6, 6.07) is 11.0. The summed E-state index contributed by atoms with van der Waals surface area (Å²) >= 11 is 0. The number of Topliss-reactive ketones (excluding diaryl/α,β-unsaturated/α-hetero) is 1. The molecule has 2 N–H and O–H groups in total. The number of anilines is 1. The van der Waals surface area contributed by atoms with Gasteiger partial charge in [0.05, 0.1) is 0 Å². The van der Waals surface area contributed by atoms with Crippen LogP contribution in [-0.2, 0) is 24.7 Å². The lowest BCUT2D eigenvalue weighted by atomic mass is 9.85. The number of aliphatic hydroxyl groups is 1. The monoisotopic (exact) mass is 339 g/mol. The van der Waals surface area contributed by atoms with E-state index in [2.05, 4.69) is 5.32 Å². The molecule has 2 aromatic carbocycles. The van der Waals surface area contributed by atoms with Gasteiger partial charge in [-0.05, 0) is 30.3 Å². The number of halogens is 1. The topological polar surface area (TPSA) is 92.7 Å². The maximum atomic E-state index is 13.1. The van der Waals surface area contributed by atoms with Crippen LogP contribution in [0, 0.1) is 5.82 Å². The van der Waals surface area contributed by atoms with Crippen molar-refractivity contribution in [3.8, 4) is 0 Å². The second-order valence-electron chi connectivity index (χ2n) is 5.63. The number of nitrogens with one attached hydrogen (secondary N) is 1. The molecule has 6 nitrogen and oxygen atoms in total. The number of aliphatic hydroxyl groups excluding tert-OH is 1. The minimum atomic E-state index is -2.05. The second-order valence-corrected chi connectivity index (χ2v) is 5.63. The Morgan fingerprint density at radius 3 is 2.44 bits per heavy atom. The van der Waals surface area contributed by atoms with E-state index in [9.17, 15) is 23.9 Å². The number of carbonyl (C=O) groups excluding carboxylic acids is 3. The van der Waals surface area contributed by atoms with Crippen molar-refractivity contribution in [3.05, 3.63) is 71.0 Å². The van der Waals surface area contributed by atoms with Crippen molar-refractivity contribution in [1.82, 2.24) is 0 Å². The summed E-state index contributed by atoms with van der Waals surface area (Å²) in [4.78, 5) is 36.9. The first-order valence-electron chi connectivity index (χ1n) is 7.33. The third-order valence-electron chi connectivity index (χ3n) is 4.24. The van der Waals surface area contributed by atoms with Gasteiger partial charge in [0.15, 0.2) is 0 Å². The minimum absolute atomic E-state index is 0.0830. The lowest BCUT2D eigenvalue weighted by Gasteiger charge is -2.21. The van der Waals surface area contributed by atoms with Crippen LogP contribution in [0.2, 0.25) is 0 Å². The lowest BCUT2D eigenvalue weighted by molar-refractivity contribution is -0.157. The minimum Gasteiger partial charge on any atom is -0.507 e. The van der Waals surface area contributed by atoms with Crippen LogP contribution in [0.1, 0.15) is 11.1 Å². The van der Waals surface area contributed by atoms with Gasteiger partial charge < -0.3 is 15.2 Å². The number of ether oxygens (including phenoxy) is 1. The molecule has 2 aliphatic rings. The molecule has 124 valence electrons. The largest absolute Gasteiger partial charge is 0.507 e. The Balaban J connectivity index is 2.01. The fourth-order valence-corrected chi connectivity index (χ4v) is 3.11. The Kier molecular flexibility index (Phi) is 3.02. The van der Waals surface area contributed by atoms with Crippen LogP contribution < -0.4 is 5.32 Å². The van der Waals surface area contributed by atoms with E-state index in [0.29, 0.717) is 5.69 Å². The summed E-state index contributed by atoms with van der Waals surface area (Å²) in [5.74, 6) is -4.26. The molecule has 1 atom stereocenters. The number of hydrogen-bond donors (Lipinski definition) is 2. The van der Waals surface area contributed by atoms with Crippen LogP contribution in [-0.4, -0.2) is 22.8 Å². The van der Waals surface area contributed by atoms with E-state index in [1.807, 2.05) is 0 Å². The average Bonchev–Trinajstić information content (AvgIpc) is 3.03. The molecule has 7 heteroatoms. The summed E-state index contributed by atoms with van der Waals surface area (Å²) in [7, 11) is 0. The number of carbonyl (C=O) groups is 3. The zero-order valence-corrected chi connectivity index (χ0v) is 12.6. The van der Waals surface area contributed by atoms with Crippen LogP contribution in [0.15, 0.2) is 54.1 Å². The van der Waals surface area contributed by atoms with E-state index in [4.69, 9.17) is 4.74 Å². The normalized spacial score (nSPS) is 23.5. The zero-order valence-electron chi connectivity index (χ0n) is 12.6. The van der Waals surface area contributed by atoms with Crippen molar-refractivity contribution < 1.29 is 28.6 Å². The van der Waals surface area contributed by atoms with Crippen molar-refractivity contribution in [2.75, 3.05) is 5.32 Å². The molecule has 1 amide bonds. The maximum Gasteiger partial charge on any atom is 0.381 e. The van der Waals surface area contributed by atoms with Crippen molar-refractivity contribution >= 4 is 29.1 Å². The molecule has 2 heterocycles. The van der Waals surface area contributed by atoms with E-state index in [1.54, 1.807) is 18.2 Å². The van der Waals surface area contributed by atoms with E-state index < -0.39 is 40.4 Å². The van der Waals surface area contributed by atoms with Crippen LogP contribution in [0.4, 0.5) is 10.1 Å². The Labute approximate surface area is 140 Å². The highest BCUT2D eigenvalue weighted by atomic mass is 19.1. The summed E-state index contributed by atoms with van der Waals surface area (Å²) in [5, 5.41) is 13.1. The number of benzene rings is 2. The Morgan fingerprint density at radius 1 is 1.04 bits per heavy atom. The maximum absolute atomic E-state index is 13.1. The number of rotatable bonds is 1. The molecule has 2 aromatic rings. The molecule has 1 fully saturated rings. The molecule has 0 unspecified atom stereocenters. The number of para-hydroxylation sites is 1. The van der Waals surface area contributed by atoms with Gasteiger partial charge in [-0.2, -0.15) is 0 Å². The Hall–Kier alpha value is -3.48. The molecule has 0 aliphatic carbocycles. The van der Waals surface area contributed by atoms with Crippen LogP contribution in [0.25, 0.3) is 5.76 Å². The summed E-state index contributed by atoms with van der Waals surface area (Å²) < 4.78 is 18.3. The number of amides is 1. The van der Waals surface area contributed by atoms with Gasteiger partial charge in [-0.15, -0.1) is 0 Å². The van der Waals surface area contributed by atoms with Gasteiger partial charge in [-0.3, -0.25) is 9.59 Å². The third kappa shape index (κ3) is 1.92. The molecular formula is C18H10FNO5. The van der Waals surface area contributed by atoms with E-state index in [1.165, 1.54) is 18.2 Å². The zero-order chi connectivity index (χ0) is 17.8. The number of esters is 1. The van der Waals surface area contributed by atoms with Gasteiger partial charge in [-0.1, -0.05) is 18.2 Å². The Bertz CT molecular complexity index is 979. The summed E-state index contributed by atoms with van der Waals surface area (Å²) in [6.45, 7) is 0. The third-order valence-corrected chi connectivity index (χ3v) is 4.24. The molecule has 1 spiro atoms. The van der Waals surface area contributed by atoms with Crippen molar-refractivity contribution in [3.63, 3.8) is 0 Å². The number of hydrogen-bond acceptors (Lipinski definition) is 5. The second kappa shape index (κ2) is 5.01. The quantitative estimate of drug-likeness (QED) is 0.359. The van der Waals surface area contributed by atoms with E-state index in [0.717, 1.165) is 12.1 Å². The van der Waals surface area contributed by atoms with Gasteiger partial charge in [0.25, 0.3) is 17.3 Å². The van der Waals surface area contributed by atoms with Gasteiger partial charge in [0, 0.05) is 16.8 Å². The first kappa shape index (κ1) is 15.1. The Morgan fingerprint density at radius 2 is 1.72 bits per heavy atom. The predicted octanol–water partition coefficient (Wildman–Crippen LogP) is 2.07. The van der Waals surface area contributed by atoms with Crippen molar-refractivity contribution in [2.24, 2.45) is 0 Å². The van der Waals surface area contributed by atoms with Crippen molar-refractivity contribution in [2.45, 2.75) is 5.60 Å². The standard InChI is InChI=1S/C18H10FNO5/c19-10-7-5-9(6-8-10)14(21)13-15(22)16(23)25-18(13)11-3-1-2-4-12(11)20-17(18)24/h1-8,21H,(H,20,24)/t18-/m0/s1. The SMILES string of the molecule is O=C1O[C@]2(C(=O)Nc3ccccc32)C(=C(O)c2ccc(F)cc2)C1=O. The first-order chi connectivity index (χ1) is 11.9. The molecule has 25 heavy (non-hydrogen) atoms. The fraction of sp³-hybridized carbons (Fsp3) is 0.0556. The van der Waals surface area contributed by atoms with Crippen molar-refractivity contribution in [1.29, 1.82) is 0 Å². The highest BCUT2D eigenvalue weighted by molar-refractivity contribution is 6.47. The van der Waals surface area contributed by atoms with Gasteiger partial charge in [-0.25, -0.2) is 9.18 Å².